The molecule has 1 unspecified atom stereocenters. The number of aryl methyl sites for hydroxylation is 2. The lowest BCUT2D eigenvalue weighted by molar-refractivity contribution is -0.148. The van der Waals surface area contributed by atoms with Crippen LogP contribution in [0, 0.1) is 13.8 Å². The second-order valence-corrected chi connectivity index (χ2v) is 7.68. The van der Waals surface area contributed by atoms with Crippen LogP contribution in [0.3, 0.4) is 0 Å². The molecular weight excluding hydrogens is 344 g/mol. The molecule has 2 aromatic rings. The van der Waals surface area contributed by atoms with Gasteiger partial charge in [-0.15, -0.1) is 0 Å². The highest BCUT2D eigenvalue weighted by Crippen LogP contribution is 2.40. The van der Waals surface area contributed by atoms with Crippen LogP contribution in [0.4, 0.5) is 0 Å². The SMILES string of the molecule is COC(=O)C1(NC(=O)c2cc(C3CC3)nc3c(C)cc(C)cc23)CCOC1. The Morgan fingerprint density at radius 1 is 1.26 bits per heavy atom. The zero-order valence-corrected chi connectivity index (χ0v) is 15.9. The maximum absolute atomic E-state index is 13.3. The molecule has 1 atom stereocenters. The zero-order chi connectivity index (χ0) is 19.2. The number of rotatable bonds is 4. The molecule has 1 aromatic carbocycles. The fraction of sp³-hybridized carbons (Fsp3) is 0.476. The molecule has 27 heavy (non-hydrogen) atoms. The lowest BCUT2D eigenvalue weighted by atomic mass is 9.96. The molecule has 0 spiro atoms. The first-order chi connectivity index (χ1) is 12.9. The van der Waals surface area contributed by atoms with Crippen molar-refractivity contribution < 1.29 is 19.1 Å². The molecule has 1 aromatic heterocycles. The molecule has 1 saturated carbocycles. The normalized spacial score (nSPS) is 22.0. The van der Waals surface area contributed by atoms with Gasteiger partial charge in [-0.05, 0) is 44.4 Å². The quantitative estimate of drug-likeness (QED) is 0.840. The standard InChI is InChI=1S/C21H24N2O4/c1-12-8-13(2)18-15(9-12)16(10-17(22-18)14-4-5-14)19(24)23-21(20(25)26-3)6-7-27-11-21/h8-10,14H,4-7,11H2,1-3H3,(H,23,24). The summed E-state index contributed by atoms with van der Waals surface area (Å²) in [7, 11) is 1.33. The van der Waals surface area contributed by atoms with Gasteiger partial charge in [0.1, 0.15) is 0 Å². The third kappa shape index (κ3) is 3.18. The summed E-state index contributed by atoms with van der Waals surface area (Å²) < 4.78 is 10.3. The molecule has 6 heteroatoms. The van der Waals surface area contributed by atoms with Gasteiger partial charge in [0.05, 0.1) is 24.8 Å². The first-order valence-corrected chi connectivity index (χ1v) is 9.34. The Hall–Kier alpha value is -2.47. The van der Waals surface area contributed by atoms with Gasteiger partial charge in [0.2, 0.25) is 0 Å². The monoisotopic (exact) mass is 368 g/mol. The smallest absolute Gasteiger partial charge is 0.334 e. The summed E-state index contributed by atoms with van der Waals surface area (Å²) in [4.78, 5) is 30.4. The molecule has 0 bridgehead atoms. The molecule has 1 amide bonds. The molecule has 1 N–H and O–H groups in total. The number of ether oxygens (including phenoxy) is 2. The summed E-state index contributed by atoms with van der Waals surface area (Å²) in [6.07, 6.45) is 2.61. The maximum Gasteiger partial charge on any atom is 0.334 e. The average Bonchev–Trinajstić information content (AvgIpc) is 3.39. The van der Waals surface area contributed by atoms with Gasteiger partial charge in [0.25, 0.3) is 5.91 Å². The number of nitrogens with one attached hydrogen (secondary N) is 1. The topological polar surface area (TPSA) is 77.5 Å². The van der Waals surface area contributed by atoms with E-state index in [1.807, 2.05) is 26.0 Å². The van der Waals surface area contributed by atoms with E-state index in [1.165, 1.54) is 7.11 Å². The largest absolute Gasteiger partial charge is 0.467 e. The third-order valence-electron chi connectivity index (χ3n) is 5.46. The van der Waals surface area contributed by atoms with Crippen molar-refractivity contribution in [3.8, 4) is 0 Å². The van der Waals surface area contributed by atoms with E-state index in [2.05, 4.69) is 11.4 Å². The Labute approximate surface area is 158 Å². The van der Waals surface area contributed by atoms with Crippen molar-refractivity contribution in [1.29, 1.82) is 0 Å². The van der Waals surface area contributed by atoms with Crippen LogP contribution < -0.4 is 5.32 Å². The van der Waals surface area contributed by atoms with E-state index in [4.69, 9.17) is 14.5 Å². The molecule has 1 saturated heterocycles. The number of pyridine rings is 1. The molecule has 6 nitrogen and oxygen atoms in total. The number of esters is 1. The van der Waals surface area contributed by atoms with Gasteiger partial charge >= 0.3 is 5.97 Å². The molecule has 4 rings (SSSR count). The van der Waals surface area contributed by atoms with Gasteiger partial charge in [-0.25, -0.2) is 4.79 Å². The highest BCUT2D eigenvalue weighted by atomic mass is 16.5. The second kappa shape index (κ2) is 6.60. The van der Waals surface area contributed by atoms with Gasteiger partial charge in [0, 0.05) is 30.0 Å². The minimum Gasteiger partial charge on any atom is -0.467 e. The molecular formula is C21H24N2O4. The lowest BCUT2D eigenvalue weighted by Gasteiger charge is -2.26. The van der Waals surface area contributed by atoms with E-state index in [0.717, 1.165) is 40.6 Å². The van der Waals surface area contributed by atoms with Crippen molar-refractivity contribution in [1.82, 2.24) is 10.3 Å². The van der Waals surface area contributed by atoms with E-state index >= 15 is 0 Å². The molecule has 2 fully saturated rings. The number of carbonyl (C=O) groups is 2. The van der Waals surface area contributed by atoms with Crippen LogP contribution in [0.15, 0.2) is 18.2 Å². The van der Waals surface area contributed by atoms with Gasteiger partial charge in [0.15, 0.2) is 5.54 Å². The lowest BCUT2D eigenvalue weighted by Crippen LogP contribution is -2.55. The summed E-state index contributed by atoms with van der Waals surface area (Å²) in [5.41, 5.74) is 3.36. The van der Waals surface area contributed by atoms with Crippen LogP contribution in [0.5, 0.6) is 0 Å². The number of nitrogens with zero attached hydrogens (tertiary/aromatic N) is 1. The van der Waals surface area contributed by atoms with Gasteiger partial charge in [-0.1, -0.05) is 11.6 Å². The highest BCUT2D eigenvalue weighted by molar-refractivity contribution is 6.08. The number of methoxy groups -OCH3 is 1. The average molecular weight is 368 g/mol. The number of benzene rings is 1. The van der Waals surface area contributed by atoms with Crippen LogP contribution >= 0.6 is 0 Å². The van der Waals surface area contributed by atoms with E-state index in [1.54, 1.807) is 0 Å². The van der Waals surface area contributed by atoms with E-state index in [-0.39, 0.29) is 12.5 Å². The molecule has 2 aliphatic rings. The minimum absolute atomic E-state index is 0.127. The van der Waals surface area contributed by atoms with Crippen LogP contribution in [-0.2, 0) is 14.3 Å². The Morgan fingerprint density at radius 3 is 2.67 bits per heavy atom. The Bertz CT molecular complexity index is 927. The first-order valence-electron chi connectivity index (χ1n) is 9.34. The van der Waals surface area contributed by atoms with Crippen molar-refractivity contribution in [3.63, 3.8) is 0 Å². The van der Waals surface area contributed by atoms with E-state index in [9.17, 15) is 9.59 Å². The van der Waals surface area contributed by atoms with Crippen LogP contribution in [0.25, 0.3) is 10.9 Å². The van der Waals surface area contributed by atoms with Gasteiger partial charge in [-0.2, -0.15) is 0 Å². The highest BCUT2D eigenvalue weighted by Gasteiger charge is 2.45. The summed E-state index contributed by atoms with van der Waals surface area (Å²) in [6, 6.07) is 5.94. The summed E-state index contributed by atoms with van der Waals surface area (Å²) >= 11 is 0. The molecule has 142 valence electrons. The van der Waals surface area contributed by atoms with Gasteiger partial charge in [-0.3, -0.25) is 9.78 Å². The molecule has 2 heterocycles. The van der Waals surface area contributed by atoms with Crippen molar-refractivity contribution in [2.24, 2.45) is 0 Å². The Kier molecular flexibility index (Phi) is 4.38. The van der Waals surface area contributed by atoms with Crippen molar-refractivity contribution in [2.45, 2.75) is 44.6 Å². The second-order valence-electron chi connectivity index (χ2n) is 7.68. The molecule has 1 aliphatic heterocycles. The van der Waals surface area contributed by atoms with E-state index < -0.39 is 11.5 Å². The van der Waals surface area contributed by atoms with Crippen molar-refractivity contribution in [2.75, 3.05) is 20.3 Å². The van der Waals surface area contributed by atoms with Crippen LogP contribution in [0.1, 0.15) is 52.4 Å². The van der Waals surface area contributed by atoms with Gasteiger partial charge < -0.3 is 14.8 Å². The fourth-order valence-corrected chi connectivity index (χ4v) is 3.83. The number of carbonyl (C=O) groups excluding carboxylic acids is 2. The summed E-state index contributed by atoms with van der Waals surface area (Å²) in [5.74, 6) is -0.335. The molecule has 1 aliphatic carbocycles. The number of fused-ring (bicyclic) bond motifs is 1. The van der Waals surface area contributed by atoms with Crippen molar-refractivity contribution >= 4 is 22.8 Å². The number of amides is 1. The maximum atomic E-state index is 13.3. The number of aromatic nitrogens is 1. The number of hydrogen-bond acceptors (Lipinski definition) is 5. The Balaban J connectivity index is 1.79. The Morgan fingerprint density at radius 2 is 2.04 bits per heavy atom. The summed E-state index contributed by atoms with van der Waals surface area (Å²) in [5, 5.41) is 3.72. The predicted molar refractivity (Wildman–Crippen MR) is 101 cm³/mol. The van der Waals surface area contributed by atoms with Crippen LogP contribution in [-0.4, -0.2) is 42.7 Å². The minimum atomic E-state index is -1.12. The third-order valence-corrected chi connectivity index (χ3v) is 5.46. The van der Waals surface area contributed by atoms with E-state index in [0.29, 0.717) is 24.5 Å². The summed E-state index contributed by atoms with van der Waals surface area (Å²) in [6.45, 7) is 4.56. The predicted octanol–water partition coefficient (Wildman–Crippen LogP) is 2.79. The van der Waals surface area contributed by atoms with Crippen LogP contribution in [0.2, 0.25) is 0 Å². The number of hydrogen-bond donors (Lipinski definition) is 1. The van der Waals surface area contributed by atoms with Crippen molar-refractivity contribution in [3.05, 3.63) is 40.6 Å². The first kappa shape index (κ1) is 17.9. The fourth-order valence-electron chi connectivity index (χ4n) is 3.83. The zero-order valence-electron chi connectivity index (χ0n) is 15.9. The molecule has 0 radical (unpaired) electrons.